The maximum absolute atomic E-state index is 12.6. The highest BCUT2D eigenvalue weighted by atomic mass is 16.2. The number of carbonyl (C=O) groups excluding carboxylic acids is 1. The van der Waals surface area contributed by atoms with Crippen molar-refractivity contribution in [2.45, 2.75) is 32.9 Å². The van der Waals surface area contributed by atoms with E-state index in [0.717, 1.165) is 11.3 Å². The Morgan fingerprint density at radius 3 is 2.41 bits per heavy atom. The molecule has 0 bridgehead atoms. The molecule has 0 spiro atoms. The van der Waals surface area contributed by atoms with Crippen molar-refractivity contribution in [1.29, 1.82) is 0 Å². The van der Waals surface area contributed by atoms with Crippen LogP contribution in [0.4, 0.5) is 5.82 Å². The van der Waals surface area contributed by atoms with Crippen molar-refractivity contribution in [2.75, 3.05) is 5.32 Å². The predicted octanol–water partition coefficient (Wildman–Crippen LogP) is 3.68. The molecule has 0 unspecified atom stereocenters. The molecule has 0 saturated carbocycles. The van der Waals surface area contributed by atoms with Crippen LogP contribution in [0.3, 0.4) is 0 Å². The van der Waals surface area contributed by atoms with Crippen LogP contribution in [0.25, 0.3) is 11.4 Å². The summed E-state index contributed by atoms with van der Waals surface area (Å²) >= 11 is 0. The molecule has 27 heavy (non-hydrogen) atoms. The number of anilines is 1. The predicted molar refractivity (Wildman–Crippen MR) is 106 cm³/mol. The Labute approximate surface area is 159 Å². The van der Waals surface area contributed by atoms with Crippen LogP contribution in [0.5, 0.6) is 0 Å². The van der Waals surface area contributed by atoms with Crippen LogP contribution in [0.15, 0.2) is 60.8 Å². The fourth-order valence-corrected chi connectivity index (χ4v) is 2.46. The molecule has 0 aliphatic rings. The summed E-state index contributed by atoms with van der Waals surface area (Å²) in [7, 11) is 0. The normalized spacial score (nSPS) is 11.1. The Kier molecular flexibility index (Phi) is 5.45. The van der Waals surface area contributed by atoms with E-state index in [1.807, 2.05) is 69.3 Å². The van der Waals surface area contributed by atoms with Crippen LogP contribution in [0.2, 0.25) is 0 Å². The number of rotatable bonds is 5. The Morgan fingerprint density at radius 1 is 1.00 bits per heavy atom. The molecular weight excluding hydrogens is 338 g/mol. The van der Waals surface area contributed by atoms with Crippen molar-refractivity contribution in [3.05, 3.63) is 72.2 Å². The number of carbonyl (C=O) groups is 1. The quantitative estimate of drug-likeness (QED) is 0.725. The molecule has 2 heterocycles. The standard InChI is InChI=1S/C21H23N5O/c1-21(2,3)26-20(27)17-13-18(23-14-16-11-7-8-12-22-16)25-19(24-17)15-9-5-4-6-10-15/h4-13H,14H2,1-3H3,(H,26,27)(H,23,24,25). The zero-order valence-corrected chi connectivity index (χ0v) is 15.7. The maximum atomic E-state index is 12.6. The van der Waals surface area contributed by atoms with Crippen molar-refractivity contribution < 1.29 is 4.79 Å². The van der Waals surface area contributed by atoms with Crippen molar-refractivity contribution in [2.24, 2.45) is 0 Å². The summed E-state index contributed by atoms with van der Waals surface area (Å²) in [5.41, 5.74) is 1.71. The molecule has 0 fully saturated rings. The number of aromatic nitrogens is 3. The van der Waals surface area contributed by atoms with Crippen LogP contribution < -0.4 is 10.6 Å². The second-order valence-electron chi connectivity index (χ2n) is 7.21. The monoisotopic (exact) mass is 361 g/mol. The first kappa shape index (κ1) is 18.5. The van der Waals surface area contributed by atoms with Crippen molar-refractivity contribution >= 4 is 11.7 Å². The van der Waals surface area contributed by atoms with Gasteiger partial charge in [0.05, 0.1) is 12.2 Å². The molecule has 0 aliphatic heterocycles. The van der Waals surface area contributed by atoms with Gasteiger partial charge in [-0.15, -0.1) is 0 Å². The lowest BCUT2D eigenvalue weighted by Gasteiger charge is -2.20. The van der Waals surface area contributed by atoms with Gasteiger partial charge in [-0.25, -0.2) is 9.97 Å². The first-order chi connectivity index (χ1) is 12.9. The molecule has 0 atom stereocenters. The molecule has 0 aliphatic carbocycles. The maximum Gasteiger partial charge on any atom is 0.270 e. The molecule has 0 radical (unpaired) electrons. The highest BCUT2D eigenvalue weighted by Gasteiger charge is 2.18. The second kappa shape index (κ2) is 7.95. The number of hydrogen-bond acceptors (Lipinski definition) is 5. The number of amides is 1. The summed E-state index contributed by atoms with van der Waals surface area (Å²) in [4.78, 5) is 26.0. The van der Waals surface area contributed by atoms with Gasteiger partial charge in [0.2, 0.25) is 0 Å². The van der Waals surface area contributed by atoms with Crippen molar-refractivity contribution in [1.82, 2.24) is 20.3 Å². The van der Waals surface area contributed by atoms with Gasteiger partial charge in [0, 0.05) is 23.4 Å². The van der Waals surface area contributed by atoms with Gasteiger partial charge in [-0.1, -0.05) is 36.4 Å². The van der Waals surface area contributed by atoms with Gasteiger partial charge in [-0.3, -0.25) is 9.78 Å². The third-order valence-electron chi connectivity index (χ3n) is 3.66. The van der Waals surface area contributed by atoms with Crippen LogP contribution in [-0.4, -0.2) is 26.4 Å². The number of nitrogens with one attached hydrogen (secondary N) is 2. The Morgan fingerprint density at radius 2 is 1.74 bits per heavy atom. The fraction of sp³-hybridized carbons (Fsp3) is 0.238. The zero-order chi connectivity index (χ0) is 19.3. The average Bonchev–Trinajstić information content (AvgIpc) is 2.66. The third-order valence-corrected chi connectivity index (χ3v) is 3.66. The molecule has 3 rings (SSSR count). The van der Waals surface area contributed by atoms with Gasteiger partial charge < -0.3 is 10.6 Å². The van der Waals surface area contributed by atoms with E-state index in [-0.39, 0.29) is 11.4 Å². The first-order valence-electron chi connectivity index (χ1n) is 8.81. The summed E-state index contributed by atoms with van der Waals surface area (Å²) in [5.74, 6) is 0.845. The molecule has 3 aromatic rings. The average molecular weight is 361 g/mol. The largest absolute Gasteiger partial charge is 0.364 e. The lowest BCUT2D eigenvalue weighted by Crippen LogP contribution is -2.41. The Bertz CT molecular complexity index is 905. The van der Waals surface area contributed by atoms with Crippen molar-refractivity contribution in [3.8, 4) is 11.4 Å². The molecule has 6 heteroatoms. The van der Waals surface area contributed by atoms with E-state index in [2.05, 4.69) is 25.6 Å². The summed E-state index contributed by atoms with van der Waals surface area (Å²) in [6.07, 6.45) is 1.74. The first-order valence-corrected chi connectivity index (χ1v) is 8.81. The van der Waals surface area contributed by atoms with E-state index in [4.69, 9.17) is 0 Å². The minimum atomic E-state index is -0.351. The van der Waals surface area contributed by atoms with E-state index in [1.165, 1.54) is 0 Å². The van der Waals surface area contributed by atoms with Crippen LogP contribution in [0, 0.1) is 0 Å². The van der Waals surface area contributed by atoms with E-state index in [1.54, 1.807) is 12.3 Å². The third kappa shape index (κ3) is 5.34. The summed E-state index contributed by atoms with van der Waals surface area (Å²) in [6.45, 7) is 6.31. The molecular formula is C21H23N5O. The Balaban J connectivity index is 1.91. The number of benzene rings is 1. The SMILES string of the molecule is CC(C)(C)NC(=O)c1cc(NCc2ccccn2)nc(-c2ccccc2)n1. The topological polar surface area (TPSA) is 79.8 Å². The van der Waals surface area contributed by atoms with Crippen LogP contribution >= 0.6 is 0 Å². The summed E-state index contributed by atoms with van der Waals surface area (Å²) in [5, 5.41) is 6.18. The van der Waals surface area contributed by atoms with Gasteiger partial charge in [0.1, 0.15) is 11.5 Å². The molecule has 138 valence electrons. The van der Waals surface area contributed by atoms with Gasteiger partial charge in [0.25, 0.3) is 5.91 Å². The highest BCUT2D eigenvalue weighted by Crippen LogP contribution is 2.18. The van der Waals surface area contributed by atoms with Gasteiger partial charge in [-0.2, -0.15) is 0 Å². The van der Waals surface area contributed by atoms with Crippen LogP contribution in [0.1, 0.15) is 37.0 Å². The molecule has 0 saturated heterocycles. The zero-order valence-electron chi connectivity index (χ0n) is 15.7. The smallest absolute Gasteiger partial charge is 0.270 e. The second-order valence-corrected chi connectivity index (χ2v) is 7.21. The summed E-state index contributed by atoms with van der Waals surface area (Å²) in [6, 6.07) is 17.0. The fourth-order valence-electron chi connectivity index (χ4n) is 2.46. The van der Waals surface area contributed by atoms with Crippen LogP contribution in [-0.2, 0) is 6.54 Å². The number of pyridine rings is 1. The minimum Gasteiger partial charge on any atom is -0.364 e. The molecule has 1 aromatic carbocycles. The van der Waals surface area contributed by atoms with Crippen molar-refractivity contribution in [3.63, 3.8) is 0 Å². The molecule has 2 aromatic heterocycles. The van der Waals surface area contributed by atoms with E-state index in [0.29, 0.717) is 23.9 Å². The van der Waals surface area contributed by atoms with Gasteiger partial charge >= 0.3 is 0 Å². The molecule has 2 N–H and O–H groups in total. The lowest BCUT2D eigenvalue weighted by molar-refractivity contribution is 0.0914. The van der Waals surface area contributed by atoms with E-state index in [9.17, 15) is 4.79 Å². The molecule has 6 nitrogen and oxygen atoms in total. The lowest BCUT2D eigenvalue weighted by atomic mass is 10.1. The molecule has 1 amide bonds. The number of nitrogens with zero attached hydrogens (tertiary/aromatic N) is 3. The van der Waals surface area contributed by atoms with Gasteiger partial charge in [-0.05, 0) is 32.9 Å². The highest BCUT2D eigenvalue weighted by molar-refractivity contribution is 5.93. The Hall–Kier alpha value is -3.28. The number of hydrogen-bond donors (Lipinski definition) is 2. The van der Waals surface area contributed by atoms with Gasteiger partial charge in [0.15, 0.2) is 5.82 Å². The van der Waals surface area contributed by atoms with E-state index >= 15 is 0 Å². The van der Waals surface area contributed by atoms with E-state index < -0.39 is 0 Å². The minimum absolute atomic E-state index is 0.233. The summed E-state index contributed by atoms with van der Waals surface area (Å²) < 4.78 is 0.